The number of carbonyl (C=O) groups excluding carboxylic acids is 3. The monoisotopic (exact) mass is 414 g/mol. The van der Waals surface area contributed by atoms with E-state index in [2.05, 4.69) is 15.4 Å². The molecule has 2 heterocycles. The summed E-state index contributed by atoms with van der Waals surface area (Å²) in [7, 11) is 1.27. The second kappa shape index (κ2) is 8.72. The SMILES string of the molecule is COC(=O)c1ccc(NC(=O)C(=O)NC[C@@](O)(c2ccsc2)c2ccco2)cc1. The zero-order valence-electron chi connectivity index (χ0n) is 15.4. The summed E-state index contributed by atoms with van der Waals surface area (Å²) in [5.74, 6) is -2.11. The maximum absolute atomic E-state index is 12.2. The Hall–Kier alpha value is -3.43. The van der Waals surface area contributed by atoms with Crippen LogP contribution in [0, 0.1) is 0 Å². The van der Waals surface area contributed by atoms with Crippen LogP contribution >= 0.6 is 11.3 Å². The van der Waals surface area contributed by atoms with Crippen LogP contribution < -0.4 is 10.6 Å². The third kappa shape index (κ3) is 4.53. The normalized spacial score (nSPS) is 12.6. The van der Waals surface area contributed by atoms with E-state index < -0.39 is 23.4 Å². The first-order valence-corrected chi connectivity index (χ1v) is 9.45. The van der Waals surface area contributed by atoms with Crippen LogP contribution in [0.5, 0.6) is 0 Å². The fraction of sp³-hybridized carbons (Fsp3) is 0.150. The number of methoxy groups -OCH3 is 1. The van der Waals surface area contributed by atoms with Crippen LogP contribution in [0.1, 0.15) is 21.7 Å². The number of hydrogen-bond acceptors (Lipinski definition) is 7. The van der Waals surface area contributed by atoms with Crippen molar-refractivity contribution in [2.24, 2.45) is 0 Å². The van der Waals surface area contributed by atoms with Crippen molar-refractivity contribution in [2.75, 3.05) is 19.0 Å². The van der Waals surface area contributed by atoms with Crippen LogP contribution in [-0.2, 0) is 19.9 Å². The molecule has 0 fully saturated rings. The van der Waals surface area contributed by atoms with Gasteiger partial charge in [-0.1, -0.05) is 0 Å². The quantitative estimate of drug-likeness (QED) is 0.420. The Morgan fingerprint density at radius 3 is 2.48 bits per heavy atom. The Labute approximate surface area is 170 Å². The van der Waals surface area contributed by atoms with E-state index >= 15 is 0 Å². The fourth-order valence-corrected chi connectivity index (χ4v) is 3.35. The van der Waals surface area contributed by atoms with E-state index in [0.717, 1.165) is 0 Å². The minimum Gasteiger partial charge on any atom is -0.466 e. The summed E-state index contributed by atoms with van der Waals surface area (Å²) < 4.78 is 9.92. The van der Waals surface area contributed by atoms with Gasteiger partial charge in [0.2, 0.25) is 0 Å². The highest BCUT2D eigenvalue weighted by Gasteiger charge is 2.36. The molecule has 0 aliphatic carbocycles. The fourth-order valence-electron chi connectivity index (χ4n) is 2.63. The maximum atomic E-state index is 12.2. The van der Waals surface area contributed by atoms with Gasteiger partial charge >= 0.3 is 17.8 Å². The molecule has 3 rings (SSSR count). The number of benzene rings is 1. The first kappa shape index (κ1) is 20.3. The number of hydrogen-bond donors (Lipinski definition) is 3. The van der Waals surface area contributed by atoms with Gasteiger partial charge in [-0.3, -0.25) is 9.59 Å². The Bertz CT molecular complexity index is 946. The van der Waals surface area contributed by atoms with Crippen LogP contribution in [0.15, 0.2) is 63.9 Å². The molecule has 9 heteroatoms. The molecule has 8 nitrogen and oxygen atoms in total. The number of esters is 1. The number of ether oxygens (including phenoxy) is 1. The Kier molecular flexibility index (Phi) is 6.10. The highest BCUT2D eigenvalue weighted by atomic mass is 32.1. The number of nitrogens with one attached hydrogen (secondary N) is 2. The molecule has 2 amide bonds. The van der Waals surface area contributed by atoms with Gasteiger partial charge in [-0.05, 0) is 53.2 Å². The summed E-state index contributed by atoms with van der Waals surface area (Å²) in [6.07, 6.45) is 1.42. The van der Waals surface area contributed by atoms with Gasteiger partial charge < -0.3 is 24.9 Å². The van der Waals surface area contributed by atoms with Crippen molar-refractivity contribution in [3.8, 4) is 0 Å². The lowest BCUT2D eigenvalue weighted by Crippen LogP contribution is -2.45. The molecule has 0 aliphatic heterocycles. The molecule has 2 aromatic heterocycles. The number of amides is 2. The number of aliphatic hydroxyl groups is 1. The molecule has 0 saturated carbocycles. The second-order valence-corrected chi connectivity index (χ2v) is 6.84. The number of furan rings is 1. The molecule has 0 radical (unpaired) electrons. The summed E-state index contributed by atoms with van der Waals surface area (Å²) in [5.41, 5.74) is -0.426. The van der Waals surface area contributed by atoms with Gasteiger partial charge in [-0.2, -0.15) is 11.3 Å². The number of carbonyl (C=O) groups is 3. The van der Waals surface area contributed by atoms with Gasteiger partial charge in [-0.25, -0.2) is 4.79 Å². The van der Waals surface area contributed by atoms with Gasteiger partial charge in [0, 0.05) is 11.3 Å². The zero-order chi connectivity index (χ0) is 20.9. The average Bonchev–Trinajstić information content (AvgIpc) is 3.46. The van der Waals surface area contributed by atoms with Crippen LogP contribution in [0.3, 0.4) is 0 Å². The average molecular weight is 414 g/mol. The van der Waals surface area contributed by atoms with Crippen molar-refractivity contribution < 1.29 is 28.6 Å². The smallest absolute Gasteiger partial charge is 0.337 e. The predicted molar refractivity (Wildman–Crippen MR) is 105 cm³/mol. The minimum absolute atomic E-state index is 0.245. The lowest BCUT2D eigenvalue weighted by atomic mass is 9.93. The lowest BCUT2D eigenvalue weighted by molar-refractivity contribution is -0.136. The van der Waals surface area contributed by atoms with Crippen molar-refractivity contribution >= 4 is 34.8 Å². The number of rotatable bonds is 6. The zero-order valence-corrected chi connectivity index (χ0v) is 16.2. The minimum atomic E-state index is -1.61. The van der Waals surface area contributed by atoms with Crippen molar-refractivity contribution in [3.05, 3.63) is 76.4 Å². The second-order valence-electron chi connectivity index (χ2n) is 6.06. The topological polar surface area (TPSA) is 118 Å². The molecule has 3 aromatic rings. The van der Waals surface area contributed by atoms with E-state index in [0.29, 0.717) is 16.8 Å². The van der Waals surface area contributed by atoms with Crippen LogP contribution in [0.2, 0.25) is 0 Å². The molecule has 29 heavy (non-hydrogen) atoms. The van der Waals surface area contributed by atoms with Crippen LogP contribution in [0.4, 0.5) is 5.69 Å². The summed E-state index contributed by atoms with van der Waals surface area (Å²) in [4.78, 5) is 35.8. The van der Waals surface area contributed by atoms with E-state index in [1.165, 1.54) is 49.0 Å². The van der Waals surface area contributed by atoms with Gasteiger partial charge in [0.05, 0.1) is 25.5 Å². The Morgan fingerprint density at radius 2 is 1.90 bits per heavy atom. The molecule has 0 saturated heterocycles. The molecule has 0 aliphatic rings. The first-order valence-electron chi connectivity index (χ1n) is 8.50. The summed E-state index contributed by atoms with van der Waals surface area (Å²) in [6.45, 7) is -0.259. The molecular weight excluding hydrogens is 396 g/mol. The van der Waals surface area contributed by atoms with Gasteiger partial charge in [0.15, 0.2) is 5.60 Å². The van der Waals surface area contributed by atoms with Gasteiger partial charge in [0.1, 0.15) is 5.76 Å². The predicted octanol–water partition coefficient (Wildman–Crippen LogP) is 2.12. The molecule has 0 unspecified atom stereocenters. The molecular formula is C20H18N2O6S. The molecule has 0 bridgehead atoms. The summed E-state index contributed by atoms with van der Waals surface area (Å²) >= 11 is 1.38. The van der Waals surface area contributed by atoms with E-state index in [9.17, 15) is 19.5 Å². The van der Waals surface area contributed by atoms with Crippen molar-refractivity contribution in [1.29, 1.82) is 0 Å². The van der Waals surface area contributed by atoms with E-state index in [1.807, 2.05) is 0 Å². The van der Waals surface area contributed by atoms with Crippen LogP contribution in [0.25, 0.3) is 0 Å². The Morgan fingerprint density at radius 1 is 1.14 bits per heavy atom. The van der Waals surface area contributed by atoms with E-state index in [-0.39, 0.29) is 12.3 Å². The highest BCUT2D eigenvalue weighted by molar-refractivity contribution is 7.08. The van der Waals surface area contributed by atoms with Crippen molar-refractivity contribution in [1.82, 2.24) is 5.32 Å². The summed E-state index contributed by atoms with van der Waals surface area (Å²) in [5, 5.41) is 19.5. The standard InChI is InChI=1S/C20H18N2O6S/c1-27-19(25)13-4-6-15(7-5-13)22-18(24)17(23)21-12-20(26,14-8-10-29-11-14)16-3-2-9-28-16/h2-11,26H,12H2,1H3,(H,21,23)(H,22,24)/t20-/m1/s1. The molecule has 0 spiro atoms. The molecule has 150 valence electrons. The third-order valence-electron chi connectivity index (χ3n) is 4.20. The lowest BCUT2D eigenvalue weighted by Gasteiger charge is -2.25. The molecule has 3 N–H and O–H groups in total. The van der Waals surface area contributed by atoms with Gasteiger partial charge in [-0.15, -0.1) is 0 Å². The third-order valence-corrected chi connectivity index (χ3v) is 4.89. The maximum Gasteiger partial charge on any atom is 0.337 e. The van der Waals surface area contributed by atoms with Crippen molar-refractivity contribution in [2.45, 2.75) is 5.60 Å². The largest absolute Gasteiger partial charge is 0.466 e. The molecule has 1 aromatic carbocycles. The molecule has 1 atom stereocenters. The van der Waals surface area contributed by atoms with Crippen LogP contribution in [-0.4, -0.2) is 36.5 Å². The highest BCUT2D eigenvalue weighted by Crippen LogP contribution is 2.31. The van der Waals surface area contributed by atoms with Gasteiger partial charge in [0.25, 0.3) is 0 Å². The number of anilines is 1. The van der Waals surface area contributed by atoms with Crippen molar-refractivity contribution in [3.63, 3.8) is 0 Å². The van der Waals surface area contributed by atoms with E-state index in [1.54, 1.807) is 29.0 Å². The Balaban J connectivity index is 1.64. The van der Waals surface area contributed by atoms with E-state index in [4.69, 9.17) is 4.42 Å². The first-order chi connectivity index (χ1) is 13.9. The number of thiophene rings is 1. The summed E-state index contributed by atoms with van der Waals surface area (Å²) in [6, 6.07) is 10.8.